The zero-order valence-corrected chi connectivity index (χ0v) is 18.7. The second-order valence-corrected chi connectivity index (χ2v) is 7.73. The topological polar surface area (TPSA) is 97.4 Å². The van der Waals surface area contributed by atoms with E-state index in [1.54, 1.807) is 55.1 Å². The number of hydrogen-bond donors (Lipinski definition) is 0. The highest BCUT2D eigenvalue weighted by Crippen LogP contribution is 2.20. The van der Waals surface area contributed by atoms with Gasteiger partial charge in [0.15, 0.2) is 11.2 Å². The molecule has 0 N–H and O–H groups in total. The van der Waals surface area contributed by atoms with E-state index in [2.05, 4.69) is 4.98 Å². The zero-order chi connectivity index (χ0) is 24.2. The lowest BCUT2D eigenvalue weighted by atomic mass is 10.2. The number of aromatic nitrogens is 4. The number of rotatable bonds is 8. The number of benzene rings is 2. The Morgan fingerprint density at radius 2 is 1.79 bits per heavy atom. The maximum absolute atomic E-state index is 13.1. The molecule has 0 bridgehead atoms. The van der Waals surface area contributed by atoms with Gasteiger partial charge in [-0.25, -0.2) is 19.0 Å². The van der Waals surface area contributed by atoms with Crippen molar-refractivity contribution in [2.24, 2.45) is 14.1 Å². The molecule has 0 saturated carbocycles. The van der Waals surface area contributed by atoms with Crippen LogP contribution in [-0.2, 0) is 32.0 Å². The quantitative estimate of drug-likeness (QED) is 0.292. The minimum atomic E-state index is -0.586. The molecular weight excluding hydrogens is 443 g/mol. The molecule has 0 radical (unpaired) electrons. The Balaban J connectivity index is 1.39. The molecular formula is C24H23FN4O5. The van der Waals surface area contributed by atoms with Gasteiger partial charge in [0.05, 0.1) is 12.9 Å². The fraction of sp³-hybridized carbons (Fsp3) is 0.250. The lowest BCUT2D eigenvalue weighted by Crippen LogP contribution is -2.39. The molecule has 0 saturated heterocycles. The summed E-state index contributed by atoms with van der Waals surface area (Å²) in [6, 6.07) is 12.5. The summed E-state index contributed by atoms with van der Waals surface area (Å²) in [5.41, 5.74) is 0.714. The Labute approximate surface area is 193 Å². The van der Waals surface area contributed by atoms with Crippen molar-refractivity contribution in [1.29, 1.82) is 0 Å². The van der Waals surface area contributed by atoms with E-state index in [0.717, 1.165) is 10.1 Å². The zero-order valence-electron chi connectivity index (χ0n) is 18.7. The fourth-order valence-corrected chi connectivity index (χ4v) is 3.56. The average Bonchev–Trinajstić information content (AvgIpc) is 3.23. The first-order valence-electron chi connectivity index (χ1n) is 10.6. The van der Waals surface area contributed by atoms with Crippen molar-refractivity contribution in [2.45, 2.75) is 19.6 Å². The number of aryl methyl sites for hydroxylation is 2. The smallest absolute Gasteiger partial charge is 0.341 e. The van der Waals surface area contributed by atoms with Crippen molar-refractivity contribution in [3.05, 3.63) is 92.6 Å². The van der Waals surface area contributed by atoms with E-state index in [1.165, 1.54) is 23.0 Å². The molecule has 4 rings (SSSR count). The van der Waals surface area contributed by atoms with Crippen molar-refractivity contribution in [3.8, 4) is 5.75 Å². The van der Waals surface area contributed by atoms with Gasteiger partial charge in [0, 0.05) is 20.6 Å². The molecule has 2 heterocycles. The lowest BCUT2D eigenvalue weighted by molar-refractivity contribution is 0.0490. The van der Waals surface area contributed by atoms with Gasteiger partial charge in [-0.3, -0.25) is 13.9 Å². The summed E-state index contributed by atoms with van der Waals surface area (Å²) >= 11 is 0. The van der Waals surface area contributed by atoms with E-state index in [9.17, 15) is 18.8 Å². The molecule has 0 aliphatic heterocycles. The molecule has 176 valence electrons. The van der Waals surface area contributed by atoms with Gasteiger partial charge in [0.25, 0.3) is 5.56 Å². The highest BCUT2D eigenvalue weighted by atomic mass is 19.1. The summed E-state index contributed by atoms with van der Waals surface area (Å²) in [7, 11) is 3.24. The van der Waals surface area contributed by atoms with Gasteiger partial charge in [-0.05, 0) is 36.2 Å². The molecule has 0 spiro atoms. The Morgan fingerprint density at radius 3 is 2.56 bits per heavy atom. The summed E-state index contributed by atoms with van der Waals surface area (Å²) in [4.78, 5) is 42.0. The van der Waals surface area contributed by atoms with Crippen LogP contribution in [0.2, 0.25) is 0 Å². The van der Waals surface area contributed by atoms with Gasteiger partial charge < -0.3 is 14.0 Å². The van der Waals surface area contributed by atoms with Gasteiger partial charge >= 0.3 is 11.7 Å². The number of carbonyl (C=O) groups excluding carboxylic acids is 1. The standard InChI is InChI=1S/C24H23FN4O5/c1-27-15-26-21-20(27)22(30)29(24(32)28(21)2)12-5-13-33-23(31)18-6-3-4-7-19(18)34-14-16-8-10-17(25)11-9-16/h3-4,6-11,15H,5,12-14H2,1-2H3. The minimum Gasteiger partial charge on any atom is -0.488 e. The van der Waals surface area contributed by atoms with Crippen molar-refractivity contribution < 1.29 is 18.7 Å². The van der Waals surface area contributed by atoms with E-state index in [-0.39, 0.29) is 37.6 Å². The van der Waals surface area contributed by atoms with E-state index in [4.69, 9.17) is 9.47 Å². The number of imidazole rings is 1. The summed E-state index contributed by atoms with van der Waals surface area (Å²) in [5.74, 6) is -0.589. The van der Waals surface area contributed by atoms with Crippen molar-refractivity contribution in [1.82, 2.24) is 18.7 Å². The van der Waals surface area contributed by atoms with Gasteiger partial charge in [0.1, 0.15) is 23.7 Å². The Bertz CT molecular complexity index is 1450. The normalized spacial score (nSPS) is 11.0. The summed E-state index contributed by atoms with van der Waals surface area (Å²) < 4.78 is 28.1. The molecule has 0 atom stereocenters. The van der Waals surface area contributed by atoms with Crippen LogP contribution in [0.5, 0.6) is 5.75 Å². The van der Waals surface area contributed by atoms with Crippen LogP contribution >= 0.6 is 0 Å². The lowest BCUT2D eigenvalue weighted by Gasteiger charge is -2.12. The highest BCUT2D eigenvalue weighted by molar-refractivity contribution is 5.92. The highest BCUT2D eigenvalue weighted by Gasteiger charge is 2.16. The summed E-state index contributed by atoms with van der Waals surface area (Å²) in [6.45, 7) is 0.250. The van der Waals surface area contributed by atoms with Crippen molar-refractivity contribution >= 4 is 17.1 Å². The third-order valence-electron chi connectivity index (χ3n) is 5.37. The van der Waals surface area contributed by atoms with Gasteiger partial charge in [0.2, 0.25) is 0 Å². The largest absolute Gasteiger partial charge is 0.488 e. The number of fused-ring (bicyclic) bond motifs is 1. The minimum absolute atomic E-state index is 0.00412. The van der Waals surface area contributed by atoms with Crippen LogP contribution in [0, 0.1) is 5.82 Å². The molecule has 0 amide bonds. The molecule has 4 aromatic rings. The van der Waals surface area contributed by atoms with Crippen LogP contribution in [0.4, 0.5) is 4.39 Å². The van der Waals surface area contributed by atoms with Gasteiger partial charge in [-0.1, -0.05) is 24.3 Å². The Kier molecular flexibility index (Phi) is 6.58. The average molecular weight is 466 g/mol. The van der Waals surface area contributed by atoms with Gasteiger partial charge in [-0.2, -0.15) is 0 Å². The fourth-order valence-electron chi connectivity index (χ4n) is 3.56. The third kappa shape index (κ3) is 4.61. The number of para-hydroxylation sites is 1. The first-order chi connectivity index (χ1) is 16.4. The SMILES string of the molecule is Cn1cnc2c1c(=O)n(CCCOC(=O)c1ccccc1OCc1ccc(F)cc1)c(=O)n2C. The van der Waals surface area contributed by atoms with Crippen LogP contribution in [-0.4, -0.2) is 31.3 Å². The molecule has 9 nitrogen and oxygen atoms in total. The molecule has 0 fully saturated rings. The van der Waals surface area contributed by atoms with Crippen molar-refractivity contribution in [2.75, 3.05) is 6.61 Å². The van der Waals surface area contributed by atoms with Crippen molar-refractivity contribution in [3.63, 3.8) is 0 Å². The van der Waals surface area contributed by atoms with Crippen LogP contribution < -0.4 is 16.0 Å². The predicted molar refractivity (Wildman–Crippen MR) is 122 cm³/mol. The van der Waals surface area contributed by atoms with Gasteiger partial charge in [-0.15, -0.1) is 0 Å². The third-order valence-corrected chi connectivity index (χ3v) is 5.37. The van der Waals surface area contributed by atoms with Crippen LogP contribution in [0.25, 0.3) is 11.2 Å². The number of carbonyl (C=O) groups is 1. The maximum Gasteiger partial charge on any atom is 0.341 e. The Hall–Kier alpha value is -4.21. The van der Waals surface area contributed by atoms with E-state index >= 15 is 0 Å². The first-order valence-corrected chi connectivity index (χ1v) is 10.6. The monoisotopic (exact) mass is 466 g/mol. The van der Waals surface area contributed by atoms with Crippen LogP contribution in [0.15, 0.2) is 64.4 Å². The van der Waals surface area contributed by atoms with Crippen LogP contribution in [0.3, 0.4) is 0 Å². The van der Waals surface area contributed by atoms with E-state index in [0.29, 0.717) is 16.9 Å². The molecule has 34 heavy (non-hydrogen) atoms. The number of hydrogen-bond acceptors (Lipinski definition) is 6. The molecule has 0 aliphatic carbocycles. The molecule has 2 aromatic carbocycles. The number of nitrogens with zero attached hydrogens (tertiary/aromatic N) is 4. The molecule has 2 aromatic heterocycles. The first kappa shape index (κ1) is 23.0. The second kappa shape index (κ2) is 9.74. The summed E-state index contributed by atoms with van der Waals surface area (Å²) in [5, 5.41) is 0. The van der Waals surface area contributed by atoms with Crippen LogP contribution in [0.1, 0.15) is 22.3 Å². The molecule has 10 heteroatoms. The molecule has 0 aliphatic rings. The second-order valence-electron chi connectivity index (χ2n) is 7.73. The Morgan fingerprint density at radius 1 is 1.06 bits per heavy atom. The van der Waals surface area contributed by atoms with E-state index in [1.807, 2.05) is 0 Å². The number of halogens is 1. The molecule has 0 unspecified atom stereocenters. The number of ether oxygens (including phenoxy) is 2. The summed E-state index contributed by atoms with van der Waals surface area (Å²) in [6.07, 6.45) is 1.75. The number of esters is 1. The van der Waals surface area contributed by atoms with E-state index < -0.39 is 17.2 Å². The maximum atomic E-state index is 13.1. The predicted octanol–water partition coefficient (Wildman–Crippen LogP) is 2.40.